The van der Waals surface area contributed by atoms with E-state index < -0.39 is 0 Å². The van der Waals surface area contributed by atoms with E-state index in [-0.39, 0.29) is 17.9 Å². The third-order valence-electron chi connectivity index (χ3n) is 7.79. The highest BCUT2D eigenvalue weighted by molar-refractivity contribution is 6.11. The smallest absolute Gasteiger partial charge is 0.200 e. The van der Waals surface area contributed by atoms with E-state index in [0.717, 1.165) is 81.2 Å². The van der Waals surface area contributed by atoms with Gasteiger partial charge in [-0.2, -0.15) is 0 Å². The quantitative estimate of drug-likeness (QED) is 0.313. The highest BCUT2D eigenvalue weighted by Gasteiger charge is 2.43. The minimum Gasteiger partial charge on any atom is -0.506 e. The second-order valence-electron chi connectivity index (χ2n) is 9.48. The van der Waals surface area contributed by atoms with E-state index in [9.17, 15) is 5.11 Å². The molecule has 0 spiro atoms. The predicted octanol–water partition coefficient (Wildman–Crippen LogP) is 5.34. The van der Waals surface area contributed by atoms with Crippen molar-refractivity contribution in [3.63, 3.8) is 0 Å². The molecule has 2 aromatic carbocycles. The van der Waals surface area contributed by atoms with Crippen LogP contribution in [0.1, 0.15) is 48.4 Å². The standard InChI is InChI=1S/C28H26N4O3/c1-34-21-13-29-27(28-23(21)15-7-3-4-9-17(15)30-28)19-11-6-10-18-26-24(22(35-2)14-32(18)19)16-8-5-12-20(33)25(16)31-26/h3-5,7-9,12-13,19,22H,6,10-11,14H2,1-2H3,(H2,29,30,33)/p+1/t19-,22?/m0/s1. The summed E-state index contributed by atoms with van der Waals surface area (Å²) in [5.41, 5.74) is 7.40. The molecule has 0 radical (unpaired) electrons. The normalized spacial score (nSPS) is 19.9. The van der Waals surface area contributed by atoms with Crippen LogP contribution in [-0.2, 0) is 4.74 Å². The molecule has 35 heavy (non-hydrogen) atoms. The number of fused-ring (bicyclic) bond motifs is 7. The van der Waals surface area contributed by atoms with Gasteiger partial charge in [0.2, 0.25) is 5.71 Å². The van der Waals surface area contributed by atoms with Crippen LogP contribution in [-0.4, -0.2) is 51.1 Å². The van der Waals surface area contributed by atoms with Crippen molar-refractivity contribution in [3.05, 3.63) is 65.6 Å². The number of rotatable bonds is 3. The molecule has 7 heteroatoms. The number of nitrogens with one attached hydrogen (secondary N) is 2. The molecule has 3 N–H and O–H groups in total. The van der Waals surface area contributed by atoms with E-state index in [2.05, 4.69) is 38.8 Å². The second-order valence-corrected chi connectivity index (χ2v) is 9.48. The lowest BCUT2D eigenvalue weighted by Gasteiger charge is -2.30. The number of aromatic hydroxyl groups is 1. The first-order valence-electron chi connectivity index (χ1n) is 12.1. The average molecular weight is 468 g/mol. The van der Waals surface area contributed by atoms with Gasteiger partial charge in [0, 0.05) is 41.8 Å². The van der Waals surface area contributed by atoms with Crippen LogP contribution in [0.25, 0.3) is 32.7 Å². The molecule has 5 aromatic rings. The molecule has 0 aliphatic carbocycles. The number of methoxy groups -OCH3 is 2. The maximum absolute atomic E-state index is 10.5. The van der Waals surface area contributed by atoms with Gasteiger partial charge in [-0.3, -0.25) is 0 Å². The van der Waals surface area contributed by atoms with E-state index in [0.29, 0.717) is 0 Å². The number of phenolic OH excluding ortho intramolecular Hbond substituents is 1. The van der Waals surface area contributed by atoms with Gasteiger partial charge in [-0.15, -0.1) is 0 Å². The number of aromatic amines is 2. The molecule has 2 aliphatic rings. The number of aromatic nitrogens is 3. The molecule has 7 nitrogen and oxygen atoms in total. The van der Waals surface area contributed by atoms with Gasteiger partial charge in [-0.25, -0.2) is 9.56 Å². The highest BCUT2D eigenvalue weighted by atomic mass is 16.5. The number of nitrogens with zero attached hydrogens (tertiary/aromatic N) is 2. The summed E-state index contributed by atoms with van der Waals surface area (Å²) >= 11 is 0. The monoisotopic (exact) mass is 467 g/mol. The Morgan fingerprint density at radius 2 is 1.89 bits per heavy atom. The largest absolute Gasteiger partial charge is 0.506 e. The maximum Gasteiger partial charge on any atom is 0.200 e. The van der Waals surface area contributed by atoms with Crippen LogP contribution in [0.3, 0.4) is 0 Å². The fraction of sp³-hybridized carbons (Fsp3) is 0.286. The van der Waals surface area contributed by atoms with Gasteiger partial charge in [-0.05, 0) is 18.6 Å². The fourth-order valence-corrected chi connectivity index (χ4v) is 6.24. The number of ether oxygens (including phenoxy) is 2. The van der Waals surface area contributed by atoms with Crippen molar-refractivity contribution >= 4 is 38.4 Å². The molecule has 0 saturated heterocycles. The molecule has 0 fully saturated rings. The van der Waals surface area contributed by atoms with Crippen molar-refractivity contribution in [3.8, 4) is 11.5 Å². The predicted molar refractivity (Wildman–Crippen MR) is 136 cm³/mol. The molecule has 0 amide bonds. The Bertz CT molecular complexity index is 1660. The lowest BCUT2D eigenvalue weighted by atomic mass is 9.89. The summed E-state index contributed by atoms with van der Waals surface area (Å²) in [6.45, 7) is 0.738. The summed E-state index contributed by atoms with van der Waals surface area (Å²) in [5, 5.41) is 13.8. The molecule has 7 rings (SSSR count). The Morgan fingerprint density at radius 3 is 2.74 bits per heavy atom. The molecular formula is C28H27N4O3+. The Balaban J connectivity index is 1.47. The highest BCUT2D eigenvalue weighted by Crippen LogP contribution is 2.43. The van der Waals surface area contributed by atoms with Gasteiger partial charge in [-0.1, -0.05) is 30.3 Å². The lowest BCUT2D eigenvalue weighted by Crippen LogP contribution is -2.39. The zero-order valence-electron chi connectivity index (χ0n) is 19.8. The topological polar surface area (TPSA) is 86.2 Å². The zero-order valence-corrected chi connectivity index (χ0v) is 19.8. The summed E-state index contributed by atoms with van der Waals surface area (Å²) in [5.74, 6) is 1.05. The number of pyridine rings is 1. The summed E-state index contributed by atoms with van der Waals surface area (Å²) in [6, 6.07) is 14.1. The van der Waals surface area contributed by atoms with E-state index in [1.807, 2.05) is 18.3 Å². The molecule has 3 aromatic heterocycles. The first kappa shape index (κ1) is 20.5. The third kappa shape index (κ3) is 2.82. The number of H-pyrrole nitrogens is 2. The van der Waals surface area contributed by atoms with Gasteiger partial charge < -0.3 is 24.5 Å². The summed E-state index contributed by atoms with van der Waals surface area (Å²) in [4.78, 5) is 12.1. The lowest BCUT2D eigenvalue weighted by molar-refractivity contribution is -0.589. The van der Waals surface area contributed by atoms with Crippen LogP contribution < -0.4 is 4.74 Å². The van der Waals surface area contributed by atoms with E-state index in [1.54, 1.807) is 20.3 Å². The first-order valence-corrected chi connectivity index (χ1v) is 12.1. The molecule has 5 heterocycles. The fourth-order valence-electron chi connectivity index (χ4n) is 6.24. The zero-order chi connectivity index (χ0) is 23.7. The molecule has 0 saturated carbocycles. The van der Waals surface area contributed by atoms with Gasteiger partial charge in [0.05, 0.1) is 29.7 Å². The van der Waals surface area contributed by atoms with E-state index in [1.165, 1.54) is 5.71 Å². The minimum absolute atomic E-state index is 0.103. The Labute approximate surface area is 202 Å². The molecule has 1 unspecified atom stereocenters. The average Bonchev–Trinajstić information content (AvgIpc) is 3.48. The Hall–Kier alpha value is -3.84. The van der Waals surface area contributed by atoms with Crippen LogP contribution >= 0.6 is 0 Å². The van der Waals surface area contributed by atoms with Crippen molar-refractivity contribution in [2.24, 2.45) is 0 Å². The van der Waals surface area contributed by atoms with Gasteiger partial charge in [0.15, 0.2) is 12.6 Å². The van der Waals surface area contributed by atoms with Crippen molar-refractivity contribution in [2.45, 2.75) is 31.4 Å². The number of phenols is 1. The Kier molecular flexibility index (Phi) is 4.45. The first-order chi connectivity index (χ1) is 17.2. The molecule has 0 bridgehead atoms. The van der Waals surface area contributed by atoms with Crippen molar-refractivity contribution in [2.75, 3.05) is 20.8 Å². The van der Waals surface area contributed by atoms with Crippen LogP contribution in [0.4, 0.5) is 0 Å². The number of hydrogen-bond donors (Lipinski definition) is 3. The van der Waals surface area contributed by atoms with Crippen molar-refractivity contribution in [1.29, 1.82) is 0 Å². The van der Waals surface area contributed by atoms with Crippen LogP contribution in [0.15, 0.2) is 48.7 Å². The van der Waals surface area contributed by atoms with Crippen LogP contribution in [0, 0.1) is 0 Å². The minimum atomic E-state index is -0.110. The van der Waals surface area contributed by atoms with E-state index >= 15 is 0 Å². The van der Waals surface area contributed by atoms with Gasteiger partial charge in [0.1, 0.15) is 29.0 Å². The van der Waals surface area contributed by atoms with Gasteiger partial charge in [0.25, 0.3) is 0 Å². The number of para-hydroxylation sites is 2. The summed E-state index contributed by atoms with van der Waals surface area (Å²) < 4.78 is 14.2. The summed E-state index contributed by atoms with van der Waals surface area (Å²) in [6.07, 6.45) is 4.78. The van der Waals surface area contributed by atoms with Crippen molar-refractivity contribution < 1.29 is 19.2 Å². The molecule has 2 aliphatic heterocycles. The van der Waals surface area contributed by atoms with Crippen molar-refractivity contribution in [1.82, 2.24) is 15.0 Å². The third-order valence-corrected chi connectivity index (χ3v) is 7.79. The maximum atomic E-state index is 10.5. The number of hydrogen-bond acceptors (Lipinski definition) is 4. The number of benzene rings is 2. The van der Waals surface area contributed by atoms with Crippen LogP contribution in [0.2, 0.25) is 0 Å². The molecule has 2 atom stereocenters. The van der Waals surface area contributed by atoms with Crippen LogP contribution in [0.5, 0.6) is 11.5 Å². The van der Waals surface area contributed by atoms with E-state index in [4.69, 9.17) is 14.5 Å². The van der Waals surface area contributed by atoms with Gasteiger partial charge >= 0.3 is 0 Å². The Morgan fingerprint density at radius 1 is 1.03 bits per heavy atom. The molecular weight excluding hydrogens is 440 g/mol. The summed E-state index contributed by atoms with van der Waals surface area (Å²) in [7, 11) is 3.46. The molecule has 176 valence electrons. The second kappa shape index (κ2) is 7.58. The SMILES string of the molecule is COc1cnc([C@@H]2CCCC3=[N+]2CC(OC)c2c3[nH]c3c(O)cccc23)c2[nH]c3ccccc3c12.